The number of hydrogen-bond acceptors (Lipinski definition) is 3. The predicted molar refractivity (Wildman–Crippen MR) is 76.2 cm³/mol. The van der Waals surface area contributed by atoms with Crippen LogP contribution < -0.4 is 0 Å². The zero-order valence-corrected chi connectivity index (χ0v) is 12.0. The highest BCUT2D eigenvalue weighted by molar-refractivity contribution is 5.93. The summed E-state index contributed by atoms with van der Waals surface area (Å²) < 4.78 is 1.86. The third-order valence-corrected chi connectivity index (χ3v) is 4.19. The lowest BCUT2D eigenvalue weighted by Crippen LogP contribution is -2.35. The Morgan fingerprint density at radius 3 is 2.76 bits per heavy atom. The summed E-state index contributed by atoms with van der Waals surface area (Å²) in [5.74, 6) is -1.06. The molecule has 0 radical (unpaired) electrons. The second-order valence-corrected chi connectivity index (χ2v) is 5.86. The fraction of sp³-hybridized carbons (Fsp3) is 0.400. The molecule has 0 aliphatic carbocycles. The number of likely N-dealkylation sites (tertiary alicyclic amines) is 1. The number of carboxylic acids is 1. The van der Waals surface area contributed by atoms with Crippen molar-refractivity contribution in [2.75, 3.05) is 13.1 Å². The number of amides is 1. The normalized spacial score (nSPS) is 21.9. The number of fused-ring (bicyclic) bond motifs is 1. The number of nitrogens with zero attached hydrogens (tertiary/aromatic N) is 3. The zero-order chi connectivity index (χ0) is 15.2. The number of imidazole rings is 1. The van der Waals surface area contributed by atoms with Gasteiger partial charge in [0.25, 0.3) is 5.91 Å². The molecule has 3 heterocycles. The van der Waals surface area contributed by atoms with Gasteiger partial charge in [-0.25, -0.2) is 4.98 Å². The van der Waals surface area contributed by atoms with E-state index in [0.717, 1.165) is 11.3 Å². The molecule has 3 rings (SSSR count). The first-order valence-corrected chi connectivity index (χ1v) is 6.88. The number of aromatic nitrogens is 2. The number of hydrogen-bond donors (Lipinski definition) is 1. The Balaban J connectivity index is 1.88. The fourth-order valence-electron chi connectivity index (χ4n) is 2.72. The molecule has 2 aromatic rings. The molecule has 1 unspecified atom stereocenters. The number of carbonyl (C=O) groups is 2. The maximum absolute atomic E-state index is 12.5. The van der Waals surface area contributed by atoms with Crippen molar-refractivity contribution in [3.63, 3.8) is 0 Å². The smallest absolute Gasteiger partial charge is 0.311 e. The highest BCUT2D eigenvalue weighted by atomic mass is 16.4. The van der Waals surface area contributed by atoms with E-state index in [1.807, 2.05) is 29.5 Å². The van der Waals surface area contributed by atoms with Crippen molar-refractivity contribution in [2.24, 2.45) is 5.41 Å². The summed E-state index contributed by atoms with van der Waals surface area (Å²) in [4.78, 5) is 29.7. The van der Waals surface area contributed by atoms with Crippen LogP contribution in [0, 0.1) is 12.3 Å². The maximum atomic E-state index is 12.5. The highest BCUT2D eigenvalue weighted by Gasteiger charge is 2.42. The molecule has 6 heteroatoms. The van der Waals surface area contributed by atoms with Gasteiger partial charge in [-0.05, 0) is 32.4 Å². The molecule has 1 N–H and O–H groups in total. The van der Waals surface area contributed by atoms with Gasteiger partial charge in [0.1, 0.15) is 11.3 Å². The first-order chi connectivity index (χ1) is 9.90. The Morgan fingerprint density at radius 2 is 2.14 bits per heavy atom. The predicted octanol–water partition coefficient (Wildman–Crippen LogP) is 1.58. The largest absolute Gasteiger partial charge is 0.481 e. The molecule has 0 aromatic carbocycles. The number of carbonyl (C=O) groups excluding carboxylic acids is 1. The summed E-state index contributed by atoms with van der Waals surface area (Å²) in [5, 5.41) is 9.24. The van der Waals surface area contributed by atoms with Gasteiger partial charge in [-0.3, -0.25) is 9.59 Å². The Hall–Kier alpha value is -2.37. The molecule has 0 spiro atoms. The van der Waals surface area contributed by atoms with Gasteiger partial charge in [-0.2, -0.15) is 0 Å². The van der Waals surface area contributed by atoms with Crippen LogP contribution in [0.4, 0.5) is 0 Å². The van der Waals surface area contributed by atoms with E-state index in [1.54, 1.807) is 18.0 Å². The molecule has 1 amide bonds. The van der Waals surface area contributed by atoms with Gasteiger partial charge in [-0.1, -0.05) is 6.07 Å². The summed E-state index contributed by atoms with van der Waals surface area (Å²) in [7, 11) is 0. The molecule has 2 aromatic heterocycles. The van der Waals surface area contributed by atoms with Crippen LogP contribution in [-0.4, -0.2) is 44.4 Å². The second kappa shape index (κ2) is 4.58. The van der Waals surface area contributed by atoms with Crippen molar-refractivity contribution >= 4 is 17.5 Å². The van der Waals surface area contributed by atoms with Crippen molar-refractivity contribution < 1.29 is 14.7 Å². The van der Waals surface area contributed by atoms with E-state index in [2.05, 4.69) is 4.98 Å². The minimum absolute atomic E-state index is 0.205. The molecular weight excluding hydrogens is 270 g/mol. The fourth-order valence-corrected chi connectivity index (χ4v) is 2.72. The summed E-state index contributed by atoms with van der Waals surface area (Å²) >= 11 is 0. The van der Waals surface area contributed by atoms with Crippen LogP contribution >= 0.6 is 0 Å². The van der Waals surface area contributed by atoms with Crippen LogP contribution in [0.2, 0.25) is 0 Å². The van der Waals surface area contributed by atoms with E-state index >= 15 is 0 Å². The van der Waals surface area contributed by atoms with Crippen LogP contribution in [-0.2, 0) is 4.79 Å². The number of carboxylic acid groups (broad SMARTS) is 1. The van der Waals surface area contributed by atoms with Crippen molar-refractivity contribution in [3.8, 4) is 0 Å². The molecule has 21 heavy (non-hydrogen) atoms. The molecule has 1 fully saturated rings. The van der Waals surface area contributed by atoms with Crippen LogP contribution in [0.3, 0.4) is 0 Å². The molecule has 1 aliphatic heterocycles. The molecule has 0 saturated carbocycles. The number of rotatable bonds is 2. The first kappa shape index (κ1) is 13.6. The van der Waals surface area contributed by atoms with Crippen LogP contribution in [0.1, 0.15) is 29.5 Å². The SMILES string of the molecule is Cc1cccc2nc(C(=O)N3CCC(C)(C(=O)O)C3)cn12. The van der Waals surface area contributed by atoms with E-state index < -0.39 is 11.4 Å². The number of aliphatic carboxylic acids is 1. The molecule has 1 saturated heterocycles. The molecule has 1 aliphatic rings. The van der Waals surface area contributed by atoms with Gasteiger partial charge in [0.2, 0.25) is 0 Å². The summed E-state index contributed by atoms with van der Waals surface area (Å²) in [6.45, 7) is 4.30. The van der Waals surface area contributed by atoms with Gasteiger partial charge in [0.05, 0.1) is 5.41 Å². The van der Waals surface area contributed by atoms with Crippen molar-refractivity contribution in [3.05, 3.63) is 35.8 Å². The van der Waals surface area contributed by atoms with E-state index in [-0.39, 0.29) is 12.5 Å². The van der Waals surface area contributed by atoms with E-state index in [9.17, 15) is 14.7 Å². The summed E-state index contributed by atoms with van der Waals surface area (Å²) in [6, 6.07) is 5.68. The molecule has 0 bridgehead atoms. The molecule has 1 atom stereocenters. The lowest BCUT2D eigenvalue weighted by molar-refractivity contribution is -0.147. The van der Waals surface area contributed by atoms with Gasteiger partial charge >= 0.3 is 5.97 Å². The molecule has 6 nitrogen and oxygen atoms in total. The van der Waals surface area contributed by atoms with Crippen molar-refractivity contribution in [1.82, 2.24) is 14.3 Å². The summed E-state index contributed by atoms with van der Waals surface area (Å²) in [6.07, 6.45) is 2.18. The van der Waals surface area contributed by atoms with Crippen LogP contribution in [0.25, 0.3) is 5.65 Å². The zero-order valence-electron chi connectivity index (χ0n) is 12.0. The van der Waals surface area contributed by atoms with Crippen LogP contribution in [0.15, 0.2) is 24.4 Å². The molecular formula is C15H17N3O3. The Kier molecular flexibility index (Phi) is 2.97. The monoisotopic (exact) mass is 287 g/mol. The van der Waals surface area contributed by atoms with E-state index in [1.165, 1.54) is 0 Å². The lowest BCUT2D eigenvalue weighted by atomic mass is 9.90. The lowest BCUT2D eigenvalue weighted by Gasteiger charge is -2.19. The third-order valence-electron chi connectivity index (χ3n) is 4.19. The topological polar surface area (TPSA) is 74.9 Å². The standard InChI is InChI=1S/C15H17N3O3/c1-10-4-3-5-12-16-11(8-18(10)12)13(19)17-7-6-15(2,9-17)14(20)21/h3-5,8H,6-7,9H2,1-2H3,(H,20,21). The van der Waals surface area contributed by atoms with Crippen molar-refractivity contribution in [2.45, 2.75) is 20.3 Å². The Bertz CT molecular complexity index is 737. The van der Waals surface area contributed by atoms with Gasteiger partial charge < -0.3 is 14.4 Å². The van der Waals surface area contributed by atoms with Gasteiger partial charge in [-0.15, -0.1) is 0 Å². The van der Waals surface area contributed by atoms with Crippen molar-refractivity contribution in [1.29, 1.82) is 0 Å². The van der Waals surface area contributed by atoms with Gasteiger partial charge in [0.15, 0.2) is 0 Å². The number of pyridine rings is 1. The Morgan fingerprint density at radius 1 is 1.38 bits per heavy atom. The average Bonchev–Trinajstić information content (AvgIpc) is 3.03. The summed E-state index contributed by atoms with van der Waals surface area (Å²) in [5.41, 5.74) is 1.22. The van der Waals surface area contributed by atoms with Crippen LogP contribution in [0.5, 0.6) is 0 Å². The average molecular weight is 287 g/mol. The minimum atomic E-state index is -0.858. The Labute approximate surface area is 122 Å². The second-order valence-electron chi connectivity index (χ2n) is 5.86. The highest BCUT2D eigenvalue weighted by Crippen LogP contribution is 2.30. The molecule has 110 valence electrons. The quantitative estimate of drug-likeness (QED) is 0.910. The third kappa shape index (κ3) is 2.16. The van der Waals surface area contributed by atoms with E-state index in [4.69, 9.17) is 0 Å². The van der Waals surface area contributed by atoms with E-state index in [0.29, 0.717) is 18.7 Å². The number of aryl methyl sites for hydroxylation is 1. The minimum Gasteiger partial charge on any atom is -0.481 e. The van der Waals surface area contributed by atoms with Gasteiger partial charge in [0, 0.05) is 25.0 Å². The first-order valence-electron chi connectivity index (χ1n) is 6.88. The maximum Gasteiger partial charge on any atom is 0.311 e.